The van der Waals surface area contributed by atoms with Crippen LogP contribution in [-0.2, 0) is 17.8 Å². The molecule has 3 rings (SSSR count). The molecule has 1 N–H and O–H groups in total. The third-order valence-electron chi connectivity index (χ3n) is 4.63. The number of hydrogen-bond donors (Lipinski definition) is 1. The lowest BCUT2D eigenvalue weighted by atomic mass is 10.1. The molecule has 0 saturated heterocycles. The molecule has 0 fully saturated rings. The Hall–Kier alpha value is -2.84. The highest BCUT2D eigenvalue weighted by Crippen LogP contribution is 2.37. The zero-order chi connectivity index (χ0) is 24.3. The van der Waals surface area contributed by atoms with E-state index < -0.39 is 0 Å². The Balaban J connectivity index is 1.62. The molecule has 0 radical (unpaired) electrons. The summed E-state index contributed by atoms with van der Waals surface area (Å²) >= 11 is 7.00. The van der Waals surface area contributed by atoms with E-state index in [0.717, 1.165) is 31.4 Å². The third kappa shape index (κ3) is 7.88. The summed E-state index contributed by atoms with van der Waals surface area (Å²) in [5.41, 5.74) is 5.24. The highest BCUT2D eigenvalue weighted by Gasteiger charge is 2.12. The van der Waals surface area contributed by atoms with Crippen LogP contribution in [0.4, 0.5) is 0 Å². The second kappa shape index (κ2) is 13.2. The fraction of sp³-hybridized carbons (Fsp3) is 0.231. The van der Waals surface area contributed by atoms with Crippen LogP contribution in [0.5, 0.6) is 17.2 Å². The predicted octanol–water partition coefficient (Wildman–Crippen LogP) is 6.28. The first-order valence-electron chi connectivity index (χ1n) is 10.9. The van der Waals surface area contributed by atoms with Crippen molar-refractivity contribution in [1.82, 2.24) is 5.43 Å². The first-order valence-corrected chi connectivity index (χ1v) is 12.4. The largest absolute Gasteiger partial charge is 0.494 e. The molecule has 0 aromatic heterocycles. The van der Waals surface area contributed by atoms with E-state index in [4.69, 9.17) is 14.2 Å². The first kappa shape index (κ1) is 25.8. The Bertz CT molecular complexity index is 1120. The Kier molecular flexibility index (Phi) is 9.97. The lowest BCUT2D eigenvalue weighted by Gasteiger charge is -2.14. The number of amides is 1. The van der Waals surface area contributed by atoms with Gasteiger partial charge in [0.2, 0.25) is 5.91 Å². The molecule has 0 bridgehead atoms. The molecule has 1 amide bonds. The van der Waals surface area contributed by atoms with Crippen LogP contribution in [0.25, 0.3) is 0 Å². The van der Waals surface area contributed by atoms with E-state index in [0.29, 0.717) is 31.3 Å². The van der Waals surface area contributed by atoms with E-state index in [1.165, 1.54) is 0 Å². The molecule has 0 heterocycles. The second-order valence-electron chi connectivity index (χ2n) is 7.23. The van der Waals surface area contributed by atoms with Crippen LogP contribution in [-0.4, -0.2) is 25.3 Å². The molecule has 0 aliphatic rings. The third-order valence-corrected chi connectivity index (χ3v) is 5.75. The van der Waals surface area contributed by atoms with E-state index >= 15 is 0 Å². The van der Waals surface area contributed by atoms with E-state index in [2.05, 4.69) is 42.4 Å². The summed E-state index contributed by atoms with van der Waals surface area (Å²) in [6.45, 7) is 5.34. The number of benzene rings is 3. The molecule has 178 valence electrons. The Labute approximate surface area is 216 Å². The summed E-state index contributed by atoms with van der Waals surface area (Å²) in [5.74, 6) is 1.78. The summed E-state index contributed by atoms with van der Waals surface area (Å²) in [7, 11) is 0. The van der Waals surface area contributed by atoms with Gasteiger partial charge in [-0.25, -0.2) is 5.43 Å². The molecular formula is C26H26Br2N2O4. The number of halogens is 2. The Morgan fingerprint density at radius 2 is 1.59 bits per heavy atom. The van der Waals surface area contributed by atoms with Gasteiger partial charge in [-0.1, -0.05) is 40.2 Å². The normalized spacial score (nSPS) is 10.8. The van der Waals surface area contributed by atoms with E-state index in [-0.39, 0.29) is 12.3 Å². The van der Waals surface area contributed by atoms with Crippen molar-refractivity contribution in [2.45, 2.75) is 26.9 Å². The molecule has 0 aliphatic carbocycles. The Morgan fingerprint density at radius 1 is 0.912 bits per heavy atom. The highest BCUT2D eigenvalue weighted by atomic mass is 79.9. The molecule has 3 aromatic carbocycles. The maximum absolute atomic E-state index is 12.2. The Morgan fingerprint density at radius 3 is 2.26 bits per heavy atom. The van der Waals surface area contributed by atoms with Crippen molar-refractivity contribution in [1.29, 1.82) is 0 Å². The van der Waals surface area contributed by atoms with E-state index in [9.17, 15) is 4.79 Å². The molecule has 0 aliphatic heterocycles. The molecular weight excluding hydrogens is 564 g/mol. The summed E-state index contributed by atoms with van der Waals surface area (Å²) < 4.78 is 19.0. The highest BCUT2D eigenvalue weighted by molar-refractivity contribution is 9.10. The van der Waals surface area contributed by atoms with Gasteiger partial charge in [-0.2, -0.15) is 5.10 Å². The maximum atomic E-state index is 12.2. The van der Waals surface area contributed by atoms with Crippen LogP contribution in [0.3, 0.4) is 0 Å². The van der Waals surface area contributed by atoms with Gasteiger partial charge in [0.05, 0.1) is 30.3 Å². The number of nitrogens with one attached hydrogen (secondary N) is 1. The lowest BCUT2D eigenvalue weighted by molar-refractivity contribution is -0.120. The summed E-state index contributed by atoms with van der Waals surface area (Å²) in [6.07, 6.45) is 1.79. The van der Waals surface area contributed by atoms with Gasteiger partial charge in [-0.05, 0) is 82.9 Å². The number of ether oxygens (including phenoxy) is 3. The fourth-order valence-corrected chi connectivity index (χ4v) is 3.91. The van der Waals surface area contributed by atoms with Crippen LogP contribution in [0, 0.1) is 0 Å². The van der Waals surface area contributed by atoms with E-state index in [1.807, 2.05) is 74.5 Å². The number of rotatable bonds is 11. The topological polar surface area (TPSA) is 69.2 Å². The minimum absolute atomic E-state index is 0.209. The average Bonchev–Trinajstić information content (AvgIpc) is 2.81. The van der Waals surface area contributed by atoms with Crippen LogP contribution < -0.4 is 19.6 Å². The summed E-state index contributed by atoms with van der Waals surface area (Å²) in [6, 6.07) is 19.1. The van der Waals surface area contributed by atoms with Crippen molar-refractivity contribution in [2.24, 2.45) is 5.10 Å². The molecule has 8 heteroatoms. The first-order chi connectivity index (χ1) is 16.5. The fourth-order valence-electron chi connectivity index (χ4n) is 3.08. The number of carbonyl (C=O) groups excluding carboxylic acids is 1. The zero-order valence-electron chi connectivity index (χ0n) is 19.0. The maximum Gasteiger partial charge on any atom is 0.244 e. The van der Waals surface area contributed by atoms with Crippen LogP contribution in [0.15, 0.2) is 74.7 Å². The SMILES string of the molecule is CCOc1ccc(CC(=O)N/N=C/c2cc(Br)c(OCc3ccc(Br)cc3)c(OCC)c2)cc1. The van der Waals surface area contributed by atoms with Crippen LogP contribution in [0.1, 0.15) is 30.5 Å². The molecule has 0 unspecified atom stereocenters. The minimum Gasteiger partial charge on any atom is -0.494 e. The molecule has 34 heavy (non-hydrogen) atoms. The van der Waals surface area contributed by atoms with Gasteiger partial charge in [0.25, 0.3) is 0 Å². The lowest BCUT2D eigenvalue weighted by Crippen LogP contribution is -2.19. The van der Waals surface area contributed by atoms with Gasteiger partial charge in [-0.3, -0.25) is 4.79 Å². The molecule has 0 saturated carbocycles. The van der Waals surface area contributed by atoms with Crippen molar-refractivity contribution < 1.29 is 19.0 Å². The molecule has 3 aromatic rings. The van der Waals surface area contributed by atoms with Crippen LogP contribution in [0.2, 0.25) is 0 Å². The quantitative estimate of drug-likeness (QED) is 0.211. The molecule has 0 atom stereocenters. The minimum atomic E-state index is -0.209. The molecule has 0 spiro atoms. The average molecular weight is 590 g/mol. The van der Waals surface area contributed by atoms with Gasteiger partial charge in [0.1, 0.15) is 12.4 Å². The monoisotopic (exact) mass is 588 g/mol. The van der Waals surface area contributed by atoms with Crippen molar-refractivity contribution in [3.63, 3.8) is 0 Å². The zero-order valence-corrected chi connectivity index (χ0v) is 22.2. The molecule has 6 nitrogen and oxygen atoms in total. The van der Waals surface area contributed by atoms with Crippen molar-refractivity contribution in [3.8, 4) is 17.2 Å². The van der Waals surface area contributed by atoms with Crippen LogP contribution >= 0.6 is 31.9 Å². The smallest absolute Gasteiger partial charge is 0.244 e. The van der Waals surface area contributed by atoms with Gasteiger partial charge >= 0.3 is 0 Å². The van der Waals surface area contributed by atoms with Gasteiger partial charge in [0.15, 0.2) is 11.5 Å². The number of carbonyl (C=O) groups is 1. The van der Waals surface area contributed by atoms with Gasteiger partial charge < -0.3 is 14.2 Å². The predicted molar refractivity (Wildman–Crippen MR) is 141 cm³/mol. The number of nitrogens with zero attached hydrogens (tertiary/aromatic N) is 1. The summed E-state index contributed by atoms with van der Waals surface area (Å²) in [5, 5.41) is 4.09. The van der Waals surface area contributed by atoms with Crippen molar-refractivity contribution in [2.75, 3.05) is 13.2 Å². The van der Waals surface area contributed by atoms with E-state index in [1.54, 1.807) is 6.21 Å². The summed E-state index contributed by atoms with van der Waals surface area (Å²) in [4.78, 5) is 12.2. The van der Waals surface area contributed by atoms with Gasteiger partial charge in [0, 0.05) is 4.47 Å². The van der Waals surface area contributed by atoms with Crippen molar-refractivity contribution >= 4 is 44.0 Å². The number of hydrogen-bond acceptors (Lipinski definition) is 5. The van der Waals surface area contributed by atoms with Gasteiger partial charge in [-0.15, -0.1) is 0 Å². The van der Waals surface area contributed by atoms with Crippen molar-refractivity contribution in [3.05, 3.63) is 86.3 Å². The number of hydrazone groups is 1. The second-order valence-corrected chi connectivity index (χ2v) is 9.00. The standard InChI is InChI=1S/C26H26Br2N2O4/c1-3-32-22-11-7-18(8-12-22)15-25(31)30-29-16-20-13-23(28)26(24(14-20)33-4-2)34-17-19-5-9-21(27)10-6-19/h5-14,16H,3-4,15,17H2,1-2H3,(H,30,31)/b29-16+.